The van der Waals surface area contributed by atoms with Crippen LogP contribution in [0, 0.1) is 0 Å². The van der Waals surface area contributed by atoms with Gasteiger partial charge < -0.3 is 4.74 Å². The molecular formula is C9H13FO. The van der Waals surface area contributed by atoms with Gasteiger partial charge in [0.2, 0.25) is 0 Å². The van der Waals surface area contributed by atoms with Crippen molar-refractivity contribution in [3.05, 3.63) is 35.9 Å². The van der Waals surface area contributed by atoms with Gasteiger partial charge in [-0.25, -0.2) is 4.39 Å². The van der Waals surface area contributed by atoms with E-state index in [0.29, 0.717) is 5.76 Å². The summed E-state index contributed by atoms with van der Waals surface area (Å²) in [6.07, 6.45) is 2.98. The summed E-state index contributed by atoms with van der Waals surface area (Å²) in [4.78, 5) is 0. The number of ether oxygens (including phenoxy) is 1. The molecule has 0 aliphatic rings. The Kier molecular flexibility index (Phi) is 4.27. The third-order valence-corrected chi connectivity index (χ3v) is 0.966. The molecule has 0 saturated heterocycles. The van der Waals surface area contributed by atoms with E-state index in [-0.39, 0.29) is 0 Å². The van der Waals surface area contributed by atoms with E-state index >= 15 is 0 Å². The molecule has 0 heterocycles. The Morgan fingerprint density at radius 3 is 2.18 bits per heavy atom. The molecule has 0 bridgehead atoms. The minimum Gasteiger partial charge on any atom is -0.497 e. The van der Waals surface area contributed by atoms with Crippen molar-refractivity contribution in [1.29, 1.82) is 0 Å². The van der Waals surface area contributed by atoms with Gasteiger partial charge in [0.15, 0.2) is 0 Å². The Hall–Kier alpha value is -1.05. The van der Waals surface area contributed by atoms with Gasteiger partial charge in [0.1, 0.15) is 11.6 Å². The lowest BCUT2D eigenvalue weighted by Crippen LogP contribution is -1.82. The van der Waals surface area contributed by atoms with Crippen molar-refractivity contribution in [2.75, 3.05) is 7.11 Å². The summed E-state index contributed by atoms with van der Waals surface area (Å²) in [6, 6.07) is 0. The van der Waals surface area contributed by atoms with Crippen LogP contribution in [-0.4, -0.2) is 7.11 Å². The minimum atomic E-state index is -0.501. The van der Waals surface area contributed by atoms with Crippen LogP contribution in [0.4, 0.5) is 4.39 Å². The van der Waals surface area contributed by atoms with E-state index < -0.39 is 5.83 Å². The van der Waals surface area contributed by atoms with E-state index in [1.54, 1.807) is 6.08 Å². The standard InChI is InChI=1S/C9H13FO/c1-7(2)5-9(11-4)6-8(3)10/h5-6H,3H2,1-2,4H3/b9-6+. The maximum absolute atomic E-state index is 12.2. The number of allylic oxidation sites excluding steroid dienone is 4. The minimum absolute atomic E-state index is 0.484. The summed E-state index contributed by atoms with van der Waals surface area (Å²) in [5.74, 6) is -0.0168. The number of rotatable bonds is 3. The zero-order chi connectivity index (χ0) is 8.85. The Morgan fingerprint density at radius 2 is 1.91 bits per heavy atom. The first kappa shape index (κ1) is 9.95. The summed E-state index contributed by atoms with van der Waals surface area (Å²) >= 11 is 0. The zero-order valence-corrected chi connectivity index (χ0v) is 7.15. The van der Waals surface area contributed by atoms with E-state index in [1.165, 1.54) is 13.2 Å². The zero-order valence-electron chi connectivity index (χ0n) is 7.15. The molecule has 0 aliphatic heterocycles. The molecule has 0 amide bonds. The smallest absolute Gasteiger partial charge is 0.121 e. The Morgan fingerprint density at radius 1 is 1.36 bits per heavy atom. The molecule has 0 aromatic carbocycles. The first-order chi connectivity index (χ1) is 5.06. The molecule has 0 N–H and O–H groups in total. The molecule has 0 aromatic rings. The van der Waals surface area contributed by atoms with Gasteiger partial charge in [-0.3, -0.25) is 0 Å². The number of hydrogen-bond acceptors (Lipinski definition) is 1. The van der Waals surface area contributed by atoms with Gasteiger partial charge in [-0.05, 0) is 19.9 Å². The average Bonchev–Trinajstić information content (AvgIpc) is 1.84. The SMILES string of the molecule is C=C(F)/C=C(\C=C(C)C)OC. The van der Waals surface area contributed by atoms with Crippen LogP contribution >= 0.6 is 0 Å². The Labute approximate surface area is 66.9 Å². The summed E-state index contributed by atoms with van der Waals surface area (Å²) in [5, 5.41) is 0. The summed E-state index contributed by atoms with van der Waals surface area (Å²) < 4.78 is 17.1. The second kappa shape index (κ2) is 4.72. The van der Waals surface area contributed by atoms with Gasteiger partial charge in [0.25, 0.3) is 0 Å². The van der Waals surface area contributed by atoms with Crippen molar-refractivity contribution in [3.63, 3.8) is 0 Å². The summed E-state index contributed by atoms with van der Waals surface area (Å²) in [6.45, 7) is 6.92. The third-order valence-electron chi connectivity index (χ3n) is 0.966. The highest BCUT2D eigenvalue weighted by Gasteiger charge is 1.91. The highest BCUT2D eigenvalue weighted by Crippen LogP contribution is 2.06. The lowest BCUT2D eigenvalue weighted by Gasteiger charge is -1.99. The fourth-order valence-electron chi connectivity index (χ4n) is 0.598. The molecule has 0 aliphatic carbocycles. The molecule has 0 saturated carbocycles. The van der Waals surface area contributed by atoms with Crippen LogP contribution in [0.2, 0.25) is 0 Å². The molecule has 0 atom stereocenters. The molecule has 0 rings (SSSR count). The van der Waals surface area contributed by atoms with Gasteiger partial charge in [0.05, 0.1) is 7.11 Å². The van der Waals surface area contributed by atoms with Gasteiger partial charge in [-0.2, -0.15) is 0 Å². The average molecular weight is 156 g/mol. The van der Waals surface area contributed by atoms with Crippen LogP contribution in [0.1, 0.15) is 13.8 Å². The van der Waals surface area contributed by atoms with Crippen LogP contribution in [-0.2, 0) is 4.74 Å². The fourth-order valence-corrected chi connectivity index (χ4v) is 0.598. The maximum Gasteiger partial charge on any atom is 0.121 e. The molecule has 0 radical (unpaired) electrons. The molecule has 0 unspecified atom stereocenters. The highest BCUT2D eigenvalue weighted by molar-refractivity contribution is 5.22. The number of halogens is 1. The van der Waals surface area contributed by atoms with Gasteiger partial charge in [-0.1, -0.05) is 12.2 Å². The molecular weight excluding hydrogens is 143 g/mol. The van der Waals surface area contributed by atoms with E-state index in [0.717, 1.165) is 5.57 Å². The van der Waals surface area contributed by atoms with Gasteiger partial charge >= 0.3 is 0 Å². The second-order valence-electron chi connectivity index (χ2n) is 2.42. The van der Waals surface area contributed by atoms with Crippen LogP contribution in [0.15, 0.2) is 35.9 Å². The van der Waals surface area contributed by atoms with Crippen LogP contribution in [0.3, 0.4) is 0 Å². The topological polar surface area (TPSA) is 9.23 Å². The van der Waals surface area contributed by atoms with Crippen molar-refractivity contribution in [1.82, 2.24) is 0 Å². The molecule has 62 valence electrons. The first-order valence-electron chi connectivity index (χ1n) is 3.31. The molecule has 11 heavy (non-hydrogen) atoms. The third kappa shape index (κ3) is 5.40. The van der Waals surface area contributed by atoms with Crippen LogP contribution in [0.5, 0.6) is 0 Å². The van der Waals surface area contributed by atoms with Crippen molar-refractivity contribution in [3.8, 4) is 0 Å². The predicted octanol–water partition coefficient (Wildman–Crippen LogP) is 2.97. The van der Waals surface area contributed by atoms with Crippen LogP contribution < -0.4 is 0 Å². The van der Waals surface area contributed by atoms with Gasteiger partial charge in [0, 0.05) is 6.08 Å². The maximum atomic E-state index is 12.2. The monoisotopic (exact) mass is 156 g/mol. The van der Waals surface area contributed by atoms with E-state index in [2.05, 4.69) is 6.58 Å². The largest absolute Gasteiger partial charge is 0.497 e. The lowest BCUT2D eigenvalue weighted by molar-refractivity contribution is 0.305. The van der Waals surface area contributed by atoms with Crippen molar-refractivity contribution >= 4 is 0 Å². The normalized spacial score (nSPS) is 10.7. The first-order valence-corrected chi connectivity index (χ1v) is 3.31. The lowest BCUT2D eigenvalue weighted by atomic mass is 10.3. The Bertz CT molecular complexity index is 198. The highest BCUT2D eigenvalue weighted by atomic mass is 19.1. The van der Waals surface area contributed by atoms with Crippen molar-refractivity contribution in [2.24, 2.45) is 0 Å². The predicted molar refractivity (Wildman–Crippen MR) is 44.8 cm³/mol. The summed E-state index contributed by atoms with van der Waals surface area (Å²) in [5.41, 5.74) is 1.05. The quantitative estimate of drug-likeness (QED) is 0.451. The number of methoxy groups -OCH3 is 1. The molecule has 0 spiro atoms. The van der Waals surface area contributed by atoms with Crippen LogP contribution in [0.25, 0.3) is 0 Å². The number of hydrogen-bond donors (Lipinski definition) is 0. The van der Waals surface area contributed by atoms with E-state index in [1.807, 2.05) is 13.8 Å². The molecule has 1 nitrogen and oxygen atoms in total. The van der Waals surface area contributed by atoms with E-state index in [9.17, 15) is 4.39 Å². The van der Waals surface area contributed by atoms with Gasteiger partial charge in [-0.15, -0.1) is 0 Å². The molecule has 0 aromatic heterocycles. The van der Waals surface area contributed by atoms with Crippen molar-refractivity contribution < 1.29 is 9.13 Å². The fraction of sp³-hybridized carbons (Fsp3) is 0.333. The summed E-state index contributed by atoms with van der Waals surface area (Å²) in [7, 11) is 1.49. The second-order valence-corrected chi connectivity index (χ2v) is 2.42. The molecule has 0 fully saturated rings. The van der Waals surface area contributed by atoms with E-state index in [4.69, 9.17) is 4.74 Å². The van der Waals surface area contributed by atoms with Crippen molar-refractivity contribution in [2.45, 2.75) is 13.8 Å². The Balaban J connectivity index is 4.41. The molecule has 2 heteroatoms.